The molecule has 0 fully saturated rings. The van der Waals surface area contributed by atoms with Crippen molar-refractivity contribution >= 4 is 5.91 Å². The number of rotatable bonds is 5. The maximum Gasteiger partial charge on any atom is 0.224 e. The number of phenolic OH excluding ortho intramolecular Hbond substituents is 1. The van der Waals surface area contributed by atoms with Crippen molar-refractivity contribution in [1.82, 2.24) is 5.32 Å². The molecule has 0 saturated heterocycles. The number of hydrogen-bond acceptors (Lipinski definition) is 3. The number of nitrogens with one attached hydrogen (secondary N) is 1. The third-order valence-corrected chi connectivity index (χ3v) is 1.90. The Bertz CT molecular complexity index is 396. The highest BCUT2D eigenvalue weighted by atomic mass is 16.3. The molecule has 6 heteroatoms. The standard InChI is InChI=1S/C10H12N4O2/c11-14-13-6-5-12-10(16)7-8-1-3-9(15)4-2-8/h1-4,15H,5-7H2,(H,12,16). The molecule has 16 heavy (non-hydrogen) atoms. The lowest BCUT2D eigenvalue weighted by Gasteiger charge is -2.03. The van der Waals surface area contributed by atoms with E-state index in [1.165, 1.54) is 12.1 Å². The van der Waals surface area contributed by atoms with E-state index in [1.54, 1.807) is 12.1 Å². The van der Waals surface area contributed by atoms with Crippen molar-refractivity contribution in [2.75, 3.05) is 13.1 Å². The molecule has 1 rings (SSSR count). The minimum absolute atomic E-state index is 0.140. The minimum atomic E-state index is -0.140. The molecule has 0 saturated carbocycles. The molecule has 0 spiro atoms. The monoisotopic (exact) mass is 220 g/mol. The Kier molecular flexibility index (Phi) is 4.69. The molecular weight excluding hydrogens is 208 g/mol. The Labute approximate surface area is 92.5 Å². The number of azide groups is 1. The molecule has 6 nitrogen and oxygen atoms in total. The number of carbonyl (C=O) groups excluding carboxylic acids is 1. The summed E-state index contributed by atoms with van der Waals surface area (Å²) in [5.41, 5.74) is 8.83. The number of nitrogens with zero attached hydrogens (tertiary/aromatic N) is 3. The Balaban J connectivity index is 2.34. The molecular formula is C10H12N4O2. The van der Waals surface area contributed by atoms with Gasteiger partial charge in [0.05, 0.1) is 6.42 Å². The van der Waals surface area contributed by atoms with E-state index in [1.807, 2.05) is 0 Å². The van der Waals surface area contributed by atoms with Crippen LogP contribution in [-0.4, -0.2) is 24.1 Å². The summed E-state index contributed by atoms with van der Waals surface area (Å²) in [4.78, 5) is 13.9. The van der Waals surface area contributed by atoms with Crippen LogP contribution in [0.3, 0.4) is 0 Å². The fourth-order valence-electron chi connectivity index (χ4n) is 1.15. The molecule has 1 aromatic carbocycles. The molecule has 84 valence electrons. The third kappa shape index (κ3) is 4.34. The molecule has 0 aliphatic carbocycles. The molecule has 1 amide bonds. The van der Waals surface area contributed by atoms with E-state index >= 15 is 0 Å². The van der Waals surface area contributed by atoms with Crippen LogP contribution in [-0.2, 0) is 11.2 Å². The SMILES string of the molecule is [N-]=[N+]=NCCNC(=O)Cc1ccc(O)cc1. The minimum Gasteiger partial charge on any atom is -0.508 e. The maximum absolute atomic E-state index is 11.4. The fraction of sp³-hybridized carbons (Fsp3) is 0.300. The second-order valence-electron chi connectivity index (χ2n) is 3.15. The summed E-state index contributed by atoms with van der Waals surface area (Å²) in [7, 11) is 0. The van der Waals surface area contributed by atoms with Crippen molar-refractivity contribution in [3.63, 3.8) is 0 Å². The van der Waals surface area contributed by atoms with Gasteiger partial charge >= 0.3 is 0 Å². The zero-order chi connectivity index (χ0) is 11.8. The first-order chi connectivity index (χ1) is 7.72. The molecule has 2 N–H and O–H groups in total. The van der Waals surface area contributed by atoms with Crippen molar-refractivity contribution < 1.29 is 9.90 Å². The van der Waals surface area contributed by atoms with Crippen molar-refractivity contribution in [3.8, 4) is 5.75 Å². The summed E-state index contributed by atoms with van der Waals surface area (Å²) >= 11 is 0. The van der Waals surface area contributed by atoms with E-state index in [0.29, 0.717) is 6.54 Å². The van der Waals surface area contributed by atoms with Gasteiger partial charge in [0.1, 0.15) is 5.75 Å². The molecule has 0 aliphatic rings. The third-order valence-electron chi connectivity index (χ3n) is 1.90. The smallest absolute Gasteiger partial charge is 0.224 e. The lowest BCUT2D eigenvalue weighted by Crippen LogP contribution is -2.27. The van der Waals surface area contributed by atoms with E-state index in [9.17, 15) is 4.79 Å². The van der Waals surface area contributed by atoms with Crippen LogP contribution in [0, 0.1) is 0 Å². The van der Waals surface area contributed by atoms with Crippen LogP contribution >= 0.6 is 0 Å². The van der Waals surface area contributed by atoms with Gasteiger partial charge in [-0.2, -0.15) is 0 Å². The predicted molar refractivity (Wildman–Crippen MR) is 58.8 cm³/mol. The first kappa shape index (κ1) is 11.9. The molecule has 0 unspecified atom stereocenters. The summed E-state index contributed by atoms with van der Waals surface area (Å²) in [6.45, 7) is 0.582. The van der Waals surface area contributed by atoms with Gasteiger partial charge in [0.2, 0.25) is 5.91 Å². The summed E-state index contributed by atoms with van der Waals surface area (Å²) in [5.74, 6) is 0.0337. The Morgan fingerprint density at radius 2 is 2.12 bits per heavy atom. The van der Waals surface area contributed by atoms with Gasteiger partial charge in [-0.05, 0) is 23.2 Å². The van der Waals surface area contributed by atoms with Crippen LogP contribution in [0.15, 0.2) is 29.4 Å². The van der Waals surface area contributed by atoms with E-state index in [0.717, 1.165) is 5.56 Å². The summed E-state index contributed by atoms with van der Waals surface area (Å²) in [6, 6.07) is 6.43. The van der Waals surface area contributed by atoms with Gasteiger partial charge in [0.15, 0.2) is 0 Å². The van der Waals surface area contributed by atoms with E-state index in [-0.39, 0.29) is 24.6 Å². The predicted octanol–water partition coefficient (Wildman–Crippen LogP) is 1.36. The lowest BCUT2D eigenvalue weighted by molar-refractivity contribution is -0.120. The van der Waals surface area contributed by atoms with Crippen LogP contribution in [0.4, 0.5) is 0 Å². The first-order valence-electron chi connectivity index (χ1n) is 4.78. The van der Waals surface area contributed by atoms with Gasteiger partial charge in [-0.25, -0.2) is 0 Å². The zero-order valence-corrected chi connectivity index (χ0v) is 8.63. The second kappa shape index (κ2) is 6.31. The largest absolute Gasteiger partial charge is 0.508 e. The van der Waals surface area contributed by atoms with E-state index in [2.05, 4.69) is 15.3 Å². The lowest BCUT2D eigenvalue weighted by atomic mass is 10.1. The molecule has 0 radical (unpaired) electrons. The van der Waals surface area contributed by atoms with Gasteiger partial charge in [0.25, 0.3) is 0 Å². The first-order valence-corrected chi connectivity index (χ1v) is 4.78. The van der Waals surface area contributed by atoms with Gasteiger partial charge < -0.3 is 10.4 Å². The molecule has 0 aliphatic heterocycles. The van der Waals surface area contributed by atoms with Crippen molar-refractivity contribution in [1.29, 1.82) is 0 Å². The Morgan fingerprint density at radius 1 is 1.44 bits per heavy atom. The van der Waals surface area contributed by atoms with Crippen LogP contribution < -0.4 is 5.32 Å². The van der Waals surface area contributed by atoms with Crippen LogP contribution in [0.25, 0.3) is 10.4 Å². The van der Waals surface area contributed by atoms with E-state index < -0.39 is 0 Å². The summed E-state index contributed by atoms with van der Waals surface area (Å²) in [5, 5.41) is 15.0. The molecule has 0 atom stereocenters. The quantitative estimate of drug-likeness (QED) is 0.339. The number of carbonyl (C=O) groups is 1. The maximum atomic E-state index is 11.4. The summed E-state index contributed by atoms with van der Waals surface area (Å²) < 4.78 is 0. The number of phenols is 1. The zero-order valence-electron chi connectivity index (χ0n) is 8.63. The topological polar surface area (TPSA) is 98.1 Å². The Hall–Kier alpha value is -2.20. The summed E-state index contributed by atoms with van der Waals surface area (Å²) in [6.07, 6.45) is 0.247. The van der Waals surface area contributed by atoms with E-state index in [4.69, 9.17) is 10.6 Å². The molecule has 0 aromatic heterocycles. The van der Waals surface area contributed by atoms with Crippen molar-refractivity contribution in [2.45, 2.75) is 6.42 Å². The second-order valence-corrected chi connectivity index (χ2v) is 3.15. The molecule has 0 heterocycles. The van der Waals surface area contributed by atoms with Crippen LogP contribution in [0.5, 0.6) is 5.75 Å². The van der Waals surface area contributed by atoms with Gasteiger partial charge in [-0.1, -0.05) is 17.2 Å². The number of aromatic hydroxyl groups is 1. The fourth-order valence-corrected chi connectivity index (χ4v) is 1.15. The van der Waals surface area contributed by atoms with Crippen molar-refractivity contribution in [2.24, 2.45) is 5.11 Å². The molecule has 1 aromatic rings. The van der Waals surface area contributed by atoms with Crippen LogP contribution in [0.2, 0.25) is 0 Å². The Morgan fingerprint density at radius 3 is 2.75 bits per heavy atom. The highest BCUT2D eigenvalue weighted by molar-refractivity contribution is 5.78. The van der Waals surface area contributed by atoms with Crippen molar-refractivity contribution in [3.05, 3.63) is 40.3 Å². The number of benzene rings is 1. The highest BCUT2D eigenvalue weighted by Gasteiger charge is 2.01. The average Bonchev–Trinajstić information content (AvgIpc) is 2.28. The normalized spacial score (nSPS) is 9.25. The number of hydrogen-bond donors (Lipinski definition) is 2. The highest BCUT2D eigenvalue weighted by Crippen LogP contribution is 2.09. The molecule has 0 bridgehead atoms. The van der Waals surface area contributed by atoms with Crippen LogP contribution in [0.1, 0.15) is 5.56 Å². The van der Waals surface area contributed by atoms with Gasteiger partial charge in [-0.3, -0.25) is 4.79 Å². The average molecular weight is 220 g/mol. The van der Waals surface area contributed by atoms with Gasteiger partial charge in [-0.15, -0.1) is 0 Å². The van der Waals surface area contributed by atoms with Gasteiger partial charge in [0, 0.05) is 18.0 Å². The number of amides is 1.